The van der Waals surface area contributed by atoms with Crippen LogP contribution in [-0.2, 0) is 0 Å². The van der Waals surface area contributed by atoms with Crippen molar-refractivity contribution in [3.05, 3.63) is 40.1 Å². The molecule has 1 N–H and O–H groups in total. The fraction of sp³-hybridized carbons (Fsp3) is 0.357. The second kappa shape index (κ2) is 4.50. The van der Waals surface area contributed by atoms with Gasteiger partial charge in [-0.15, -0.1) is 0 Å². The Morgan fingerprint density at radius 3 is 2.68 bits per heavy atom. The number of hydrogen-bond donors (Lipinski definition) is 1. The Kier molecular flexibility index (Phi) is 3.14. The van der Waals surface area contributed by atoms with Crippen LogP contribution in [0.3, 0.4) is 0 Å². The molecule has 0 unspecified atom stereocenters. The molecule has 0 fully saturated rings. The number of nitrogens with zero attached hydrogens (tertiary/aromatic N) is 1. The third-order valence-electron chi connectivity index (χ3n) is 3.62. The Balaban J connectivity index is 2.53. The number of aromatic nitrogens is 1. The van der Waals surface area contributed by atoms with Gasteiger partial charge in [0.05, 0.1) is 10.4 Å². The molecule has 2 aromatic rings. The second-order valence-corrected chi connectivity index (χ2v) is 5.26. The summed E-state index contributed by atoms with van der Waals surface area (Å²) >= 11 is 0. The van der Waals surface area contributed by atoms with Crippen molar-refractivity contribution in [1.82, 2.24) is 4.98 Å². The van der Waals surface area contributed by atoms with E-state index in [2.05, 4.69) is 4.98 Å². The number of H-pyrrole nitrogens is 1. The van der Waals surface area contributed by atoms with Crippen molar-refractivity contribution in [2.45, 2.75) is 27.2 Å². The maximum Gasteiger partial charge on any atom is 0.271 e. The van der Waals surface area contributed by atoms with Gasteiger partial charge in [0.2, 0.25) is 0 Å². The molecule has 1 aromatic heterocycles. The summed E-state index contributed by atoms with van der Waals surface area (Å²) in [5, 5.41) is 11.4. The van der Waals surface area contributed by atoms with Crippen molar-refractivity contribution >= 4 is 22.4 Å². The lowest BCUT2D eigenvalue weighted by Gasteiger charge is -2.20. The molecule has 5 heteroatoms. The summed E-state index contributed by atoms with van der Waals surface area (Å²) in [6, 6.07) is 4.50. The number of non-ortho nitro benzene ring substituents is 1. The number of carbonyl (C=O) groups excluding carboxylic acids is 1. The van der Waals surface area contributed by atoms with Crippen LogP contribution in [0.15, 0.2) is 24.4 Å². The number of carbonyl (C=O) groups is 1. The number of benzene rings is 1. The molecule has 0 amide bonds. The fourth-order valence-electron chi connectivity index (χ4n) is 1.94. The number of aromatic amines is 1. The highest BCUT2D eigenvalue weighted by Gasteiger charge is 2.28. The van der Waals surface area contributed by atoms with Crippen molar-refractivity contribution in [2.75, 3.05) is 0 Å². The fourth-order valence-corrected chi connectivity index (χ4v) is 1.94. The number of nitro groups is 1. The van der Waals surface area contributed by atoms with Crippen molar-refractivity contribution in [3.63, 3.8) is 0 Å². The highest BCUT2D eigenvalue weighted by Crippen LogP contribution is 2.30. The van der Waals surface area contributed by atoms with Gasteiger partial charge >= 0.3 is 0 Å². The predicted octanol–water partition coefficient (Wildman–Crippen LogP) is 3.70. The quantitative estimate of drug-likeness (QED) is 0.517. The van der Waals surface area contributed by atoms with E-state index in [1.165, 1.54) is 12.1 Å². The van der Waals surface area contributed by atoms with E-state index in [-0.39, 0.29) is 11.5 Å². The number of Topliss-reactive ketones (excluding diaryl/α,β-unsaturated/α-hetero) is 1. The molecule has 0 bridgehead atoms. The van der Waals surface area contributed by atoms with Gasteiger partial charge in [-0.2, -0.15) is 0 Å². The molecule has 0 saturated carbocycles. The van der Waals surface area contributed by atoms with Crippen molar-refractivity contribution in [1.29, 1.82) is 0 Å². The molecule has 0 spiro atoms. The SMILES string of the molecule is CCC(C)(C)C(=O)c1c[nH]c2cc([N+](=O)[O-])ccc12. The predicted molar refractivity (Wildman–Crippen MR) is 73.4 cm³/mol. The van der Waals surface area contributed by atoms with Crippen molar-refractivity contribution in [2.24, 2.45) is 5.41 Å². The zero-order valence-corrected chi connectivity index (χ0v) is 11.2. The van der Waals surface area contributed by atoms with Crippen molar-refractivity contribution in [3.8, 4) is 0 Å². The van der Waals surface area contributed by atoms with E-state index in [0.29, 0.717) is 11.1 Å². The van der Waals surface area contributed by atoms with Gasteiger partial charge in [-0.05, 0) is 12.5 Å². The molecule has 0 radical (unpaired) electrons. The molecule has 0 aliphatic heterocycles. The maximum atomic E-state index is 12.4. The van der Waals surface area contributed by atoms with E-state index in [9.17, 15) is 14.9 Å². The van der Waals surface area contributed by atoms with Crippen LogP contribution in [0.2, 0.25) is 0 Å². The Hall–Kier alpha value is -2.17. The number of hydrogen-bond acceptors (Lipinski definition) is 3. The molecule has 100 valence electrons. The smallest absolute Gasteiger partial charge is 0.271 e. The molecule has 1 heterocycles. The molecule has 0 aliphatic carbocycles. The lowest BCUT2D eigenvalue weighted by molar-refractivity contribution is -0.384. The minimum atomic E-state index is -0.447. The lowest BCUT2D eigenvalue weighted by Crippen LogP contribution is -2.23. The number of nitrogens with one attached hydrogen (secondary N) is 1. The Bertz CT molecular complexity index is 656. The van der Waals surface area contributed by atoms with Gasteiger partial charge in [0.25, 0.3) is 5.69 Å². The van der Waals surface area contributed by atoms with Gasteiger partial charge < -0.3 is 4.98 Å². The van der Waals surface area contributed by atoms with E-state index in [1.54, 1.807) is 12.3 Å². The van der Waals surface area contributed by atoms with E-state index < -0.39 is 10.3 Å². The van der Waals surface area contributed by atoms with Crippen LogP contribution in [0.1, 0.15) is 37.6 Å². The topological polar surface area (TPSA) is 76.0 Å². The van der Waals surface area contributed by atoms with Gasteiger partial charge in [0.15, 0.2) is 5.78 Å². The van der Waals surface area contributed by atoms with Gasteiger partial charge in [0.1, 0.15) is 0 Å². The maximum absolute atomic E-state index is 12.4. The van der Waals surface area contributed by atoms with Gasteiger partial charge in [-0.1, -0.05) is 20.8 Å². The average Bonchev–Trinajstić information content (AvgIpc) is 2.80. The van der Waals surface area contributed by atoms with E-state index in [4.69, 9.17) is 0 Å². The molecule has 0 saturated heterocycles. The summed E-state index contributed by atoms with van der Waals surface area (Å²) in [5.41, 5.74) is 0.793. The minimum absolute atomic E-state index is 0.0168. The summed E-state index contributed by atoms with van der Waals surface area (Å²) in [5.74, 6) is 0.0510. The van der Waals surface area contributed by atoms with Gasteiger partial charge in [-0.25, -0.2) is 0 Å². The first-order valence-electron chi connectivity index (χ1n) is 6.17. The molecular weight excluding hydrogens is 244 g/mol. The molecule has 0 atom stereocenters. The molecular formula is C14H16N2O3. The number of fused-ring (bicyclic) bond motifs is 1. The molecule has 2 rings (SSSR count). The first-order valence-corrected chi connectivity index (χ1v) is 6.17. The largest absolute Gasteiger partial charge is 0.360 e. The number of nitro benzene ring substituents is 1. The summed E-state index contributed by atoms with van der Waals surface area (Å²) in [4.78, 5) is 25.6. The zero-order valence-electron chi connectivity index (χ0n) is 11.2. The van der Waals surface area contributed by atoms with Crippen LogP contribution < -0.4 is 0 Å². The van der Waals surface area contributed by atoms with Crippen molar-refractivity contribution < 1.29 is 9.72 Å². The second-order valence-electron chi connectivity index (χ2n) is 5.26. The third-order valence-corrected chi connectivity index (χ3v) is 3.62. The highest BCUT2D eigenvalue weighted by molar-refractivity contribution is 6.10. The van der Waals surface area contributed by atoms with Crippen LogP contribution in [-0.4, -0.2) is 15.7 Å². The highest BCUT2D eigenvalue weighted by atomic mass is 16.6. The molecule has 5 nitrogen and oxygen atoms in total. The third kappa shape index (κ3) is 2.23. The number of rotatable bonds is 4. The zero-order chi connectivity index (χ0) is 14.2. The van der Waals surface area contributed by atoms with Gasteiger partial charge in [-0.3, -0.25) is 14.9 Å². The summed E-state index contributed by atoms with van der Waals surface area (Å²) in [6.07, 6.45) is 2.37. The molecule has 1 aromatic carbocycles. The Morgan fingerprint density at radius 2 is 2.11 bits per heavy atom. The Morgan fingerprint density at radius 1 is 1.42 bits per heavy atom. The van der Waals surface area contributed by atoms with E-state index in [1.807, 2.05) is 20.8 Å². The minimum Gasteiger partial charge on any atom is -0.360 e. The molecule has 0 aliphatic rings. The summed E-state index contributed by atoms with van der Waals surface area (Å²) in [6.45, 7) is 5.77. The lowest BCUT2D eigenvalue weighted by atomic mass is 9.82. The van der Waals surface area contributed by atoms with Crippen LogP contribution in [0.5, 0.6) is 0 Å². The van der Waals surface area contributed by atoms with Crippen LogP contribution in [0, 0.1) is 15.5 Å². The first kappa shape index (κ1) is 13.3. The average molecular weight is 260 g/mol. The van der Waals surface area contributed by atoms with E-state index >= 15 is 0 Å². The Labute approximate surface area is 110 Å². The first-order chi connectivity index (χ1) is 8.86. The monoisotopic (exact) mass is 260 g/mol. The van der Waals surface area contributed by atoms with Crippen LogP contribution in [0.4, 0.5) is 5.69 Å². The number of ketones is 1. The van der Waals surface area contributed by atoms with E-state index in [0.717, 1.165) is 11.8 Å². The summed E-state index contributed by atoms with van der Waals surface area (Å²) in [7, 11) is 0. The standard InChI is InChI=1S/C14H16N2O3/c1-4-14(2,3)13(17)11-8-15-12-7-9(16(18)19)5-6-10(11)12/h5-8,15H,4H2,1-3H3. The molecule has 19 heavy (non-hydrogen) atoms. The normalized spacial score (nSPS) is 11.7. The summed E-state index contributed by atoms with van der Waals surface area (Å²) < 4.78 is 0. The van der Waals surface area contributed by atoms with Gasteiger partial charge in [0, 0.05) is 34.7 Å². The van der Waals surface area contributed by atoms with Crippen LogP contribution >= 0.6 is 0 Å². The van der Waals surface area contributed by atoms with Crippen LogP contribution in [0.25, 0.3) is 10.9 Å².